The SMILES string of the molecule is Cc1ccc(-n2nncc2CNCC(C)C)c(C)c1. The molecule has 0 spiro atoms. The minimum Gasteiger partial charge on any atom is -0.311 e. The topological polar surface area (TPSA) is 42.7 Å². The Morgan fingerprint density at radius 2 is 2.05 bits per heavy atom. The molecule has 2 rings (SSSR count). The van der Waals surface area contributed by atoms with Gasteiger partial charge < -0.3 is 5.32 Å². The van der Waals surface area contributed by atoms with Crippen LogP contribution < -0.4 is 5.32 Å². The van der Waals surface area contributed by atoms with E-state index in [-0.39, 0.29) is 0 Å². The molecule has 0 saturated heterocycles. The second kappa shape index (κ2) is 5.97. The van der Waals surface area contributed by atoms with Crippen LogP contribution in [0.2, 0.25) is 0 Å². The standard InChI is InChI=1S/C15H22N4/c1-11(2)8-16-9-14-10-17-18-19(14)15-6-5-12(3)7-13(15)4/h5-7,10-11,16H,8-9H2,1-4H3. The Morgan fingerprint density at radius 3 is 2.74 bits per heavy atom. The Kier molecular flexibility index (Phi) is 4.32. The molecule has 102 valence electrons. The molecule has 2 aromatic rings. The monoisotopic (exact) mass is 258 g/mol. The van der Waals surface area contributed by atoms with Crippen molar-refractivity contribution in [2.45, 2.75) is 34.2 Å². The summed E-state index contributed by atoms with van der Waals surface area (Å²) in [5, 5.41) is 11.7. The lowest BCUT2D eigenvalue weighted by Crippen LogP contribution is -2.21. The highest BCUT2D eigenvalue weighted by atomic mass is 15.4. The zero-order chi connectivity index (χ0) is 13.8. The van der Waals surface area contributed by atoms with Crippen molar-refractivity contribution in [2.24, 2.45) is 5.92 Å². The molecule has 4 nitrogen and oxygen atoms in total. The van der Waals surface area contributed by atoms with Gasteiger partial charge in [-0.25, -0.2) is 4.68 Å². The molecule has 0 aliphatic rings. The van der Waals surface area contributed by atoms with E-state index in [1.165, 1.54) is 11.1 Å². The van der Waals surface area contributed by atoms with Gasteiger partial charge in [-0.05, 0) is 37.9 Å². The zero-order valence-electron chi connectivity index (χ0n) is 12.1. The van der Waals surface area contributed by atoms with Crippen LogP contribution in [0.25, 0.3) is 5.69 Å². The van der Waals surface area contributed by atoms with Crippen LogP contribution in [0.4, 0.5) is 0 Å². The van der Waals surface area contributed by atoms with E-state index in [0.717, 1.165) is 24.5 Å². The Labute approximate surface area is 114 Å². The van der Waals surface area contributed by atoms with E-state index in [9.17, 15) is 0 Å². The number of aryl methyl sites for hydroxylation is 2. The summed E-state index contributed by atoms with van der Waals surface area (Å²) in [7, 11) is 0. The molecular formula is C15H22N4. The predicted molar refractivity (Wildman–Crippen MR) is 77.4 cm³/mol. The van der Waals surface area contributed by atoms with Gasteiger partial charge in [-0.3, -0.25) is 0 Å². The van der Waals surface area contributed by atoms with Crippen molar-refractivity contribution in [1.29, 1.82) is 0 Å². The van der Waals surface area contributed by atoms with Crippen molar-refractivity contribution in [3.05, 3.63) is 41.2 Å². The van der Waals surface area contributed by atoms with Crippen LogP contribution in [0.5, 0.6) is 0 Å². The predicted octanol–water partition coefficient (Wildman–Crippen LogP) is 2.63. The molecule has 0 bridgehead atoms. The molecule has 0 radical (unpaired) electrons. The van der Waals surface area contributed by atoms with Gasteiger partial charge in [0.2, 0.25) is 0 Å². The molecule has 1 heterocycles. The third-order valence-corrected chi connectivity index (χ3v) is 3.06. The van der Waals surface area contributed by atoms with Gasteiger partial charge >= 0.3 is 0 Å². The van der Waals surface area contributed by atoms with Gasteiger partial charge in [0.15, 0.2) is 0 Å². The molecule has 0 saturated carbocycles. The first-order valence-electron chi connectivity index (χ1n) is 6.76. The molecule has 1 aromatic carbocycles. The zero-order valence-corrected chi connectivity index (χ0v) is 12.1. The average molecular weight is 258 g/mol. The van der Waals surface area contributed by atoms with Crippen LogP contribution in [0.3, 0.4) is 0 Å². The Hall–Kier alpha value is -1.68. The van der Waals surface area contributed by atoms with Crippen LogP contribution in [0.1, 0.15) is 30.7 Å². The lowest BCUT2D eigenvalue weighted by atomic mass is 10.1. The van der Waals surface area contributed by atoms with Crippen LogP contribution >= 0.6 is 0 Å². The molecule has 0 aliphatic heterocycles. The van der Waals surface area contributed by atoms with Gasteiger partial charge in [0.1, 0.15) is 0 Å². The first-order valence-corrected chi connectivity index (χ1v) is 6.76. The van der Waals surface area contributed by atoms with Crippen molar-refractivity contribution in [3.8, 4) is 5.69 Å². The largest absolute Gasteiger partial charge is 0.311 e. The lowest BCUT2D eigenvalue weighted by molar-refractivity contribution is 0.542. The quantitative estimate of drug-likeness (QED) is 0.896. The van der Waals surface area contributed by atoms with Crippen molar-refractivity contribution >= 4 is 0 Å². The minimum absolute atomic E-state index is 0.644. The number of benzene rings is 1. The van der Waals surface area contributed by atoms with E-state index < -0.39 is 0 Å². The molecular weight excluding hydrogens is 236 g/mol. The number of rotatable bonds is 5. The Balaban J connectivity index is 2.19. The molecule has 0 amide bonds. The van der Waals surface area contributed by atoms with Crippen LogP contribution in [-0.2, 0) is 6.54 Å². The summed E-state index contributed by atoms with van der Waals surface area (Å²) < 4.78 is 1.92. The Morgan fingerprint density at radius 1 is 1.26 bits per heavy atom. The second-order valence-electron chi connectivity index (χ2n) is 5.45. The second-order valence-corrected chi connectivity index (χ2v) is 5.45. The van der Waals surface area contributed by atoms with Gasteiger partial charge in [-0.2, -0.15) is 0 Å². The molecule has 4 heteroatoms. The third-order valence-electron chi connectivity index (χ3n) is 3.06. The maximum Gasteiger partial charge on any atom is 0.0783 e. The van der Waals surface area contributed by atoms with E-state index in [0.29, 0.717) is 5.92 Å². The van der Waals surface area contributed by atoms with Crippen LogP contribution in [0, 0.1) is 19.8 Å². The number of aromatic nitrogens is 3. The van der Waals surface area contributed by atoms with E-state index >= 15 is 0 Å². The number of nitrogens with one attached hydrogen (secondary N) is 1. The van der Waals surface area contributed by atoms with Crippen molar-refractivity contribution in [2.75, 3.05) is 6.54 Å². The van der Waals surface area contributed by atoms with E-state index in [4.69, 9.17) is 0 Å². The summed E-state index contributed by atoms with van der Waals surface area (Å²) in [6, 6.07) is 6.38. The summed E-state index contributed by atoms with van der Waals surface area (Å²) >= 11 is 0. The highest BCUT2D eigenvalue weighted by molar-refractivity contribution is 5.42. The molecule has 1 N–H and O–H groups in total. The summed E-state index contributed by atoms with van der Waals surface area (Å²) in [4.78, 5) is 0. The molecule has 0 aliphatic carbocycles. The van der Waals surface area contributed by atoms with Gasteiger partial charge in [0, 0.05) is 6.54 Å². The normalized spacial score (nSPS) is 11.2. The lowest BCUT2D eigenvalue weighted by Gasteiger charge is -2.11. The fourth-order valence-corrected chi connectivity index (χ4v) is 2.11. The average Bonchev–Trinajstić information content (AvgIpc) is 2.77. The summed E-state index contributed by atoms with van der Waals surface area (Å²) in [5.74, 6) is 0.644. The molecule has 0 unspecified atom stereocenters. The maximum absolute atomic E-state index is 4.20. The van der Waals surface area contributed by atoms with E-state index in [2.05, 4.69) is 61.5 Å². The Bertz CT molecular complexity index is 543. The summed E-state index contributed by atoms with van der Waals surface area (Å²) in [6.07, 6.45) is 1.83. The fraction of sp³-hybridized carbons (Fsp3) is 0.467. The summed E-state index contributed by atoms with van der Waals surface area (Å²) in [5.41, 5.74) is 4.67. The number of hydrogen-bond acceptors (Lipinski definition) is 3. The first kappa shape index (κ1) is 13.7. The fourth-order valence-electron chi connectivity index (χ4n) is 2.11. The smallest absolute Gasteiger partial charge is 0.0783 e. The minimum atomic E-state index is 0.644. The van der Waals surface area contributed by atoms with Gasteiger partial charge in [0.25, 0.3) is 0 Å². The number of nitrogens with zero attached hydrogens (tertiary/aromatic N) is 3. The highest BCUT2D eigenvalue weighted by Crippen LogP contribution is 2.16. The first-order chi connectivity index (χ1) is 9.08. The number of hydrogen-bond donors (Lipinski definition) is 1. The van der Waals surface area contributed by atoms with Crippen LogP contribution in [0.15, 0.2) is 24.4 Å². The van der Waals surface area contributed by atoms with Crippen molar-refractivity contribution in [3.63, 3.8) is 0 Å². The third kappa shape index (κ3) is 3.41. The van der Waals surface area contributed by atoms with Crippen molar-refractivity contribution < 1.29 is 0 Å². The molecule has 0 atom stereocenters. The van der Waals surface area contributed by atoms with E-state index in [1.54, 1.807) is 0 Å². The van der Waals surface area contributed by atoms with Crippen LogP contribution in [-0.4, -0.2) is 21.5 Å². The molecule has 0 fully saturated rings. The summed E-state index contributed by atoms with van der Waals surface area (Å²) in [6.45, 7) is 10.4. The molecule has 1 aromatic heterocycles. The maximum atomic E-state index is 4.20. The van der Waals surface area contributed by atoms with Gasteiger partial charge in [0.05, 0.1) is 17.6 Å². The van der Waals surface area contributed by atoms with Gasteiger partial charge in [-0.1, -0.05) is 36.8 Å². The molecule has 19 heavy (non-hydrogen) atoms. The van der Waals surface area contributed by atoms with Gasteiger partial charge in [-0.15, -0.1) is 5.10 Å². The van der Waals surface area contributed by atoms with Crippen molar-refractivity contribution in [1.82, 2.24) is 20.3 Å². The highest BCUT2D eigenvalue weighted by Gasteiger charge is 2.08. The van der Waals surface area contributed by atoms with E-state index in [1.807, 2.05) is 10.9 Å².